The minimum atomic E-state index is -3.21. The van der Waals surface area contributed by atoms with Crippen molar-refractivity contribution in [2.24, 2.45) is 0 Å². The summed E-state index contributed by atoms with van der Waals surface area (Å²) in [6, 6.07) is 9.71. The van der Waals surface area contributed by atoms with E-state index in [2.05, 4.69) is 9.71 Å². The fraction of sp³-hybridized carbons (Fsp3) is 0.250. The molecule has 94 valence electrons. The number of hydrogen-bond acceptors (Lipinski definition) is 4. The highest BCUT2D eigenvalue weighted by molar-refractivity contribution is 7.93. The first kappa shape index (κ1) is 11.7. The van der Waals surface area contributed by atoms with Crippen molar-refractivity contribution in [3.05, 3.63) is 35.7 Å². The summed E-state index contributed by atoms with van der Waals surface area (Å²) in [4.78, 5) is 4.30. The summed E-state index contributed by atoms with van der Waals surface area (Å²) >= 11 is 1.32. The Morgan fingerprint density at radius 3 is 2.61 bits per heavy atom. The second-order valence-corrected chi connectivity index (χ2v) is 7.07. The second kappa shape index (κ2) is 4.37. The molecule has 0 aliphatic heterocycles. The van der Waals surface area contributed by atoms with Crippen molar-refractivity contribution in [2.45, 2.75) is 18.1 Å². The van der Waals surface area contributed by atoms with Gasteiger partial charge in [-0.2, -0.15) is 0 Å². The Morgan fingerprint density at radius 2 is 1.94 bits per heavy atom. The number of hydrogen-bond donors (Lipinski definition) is 1. The molecule has 1 aliphatic carbocycles. The van der Waals surface area contributed by atoms with E-state index in [0.717, 1.165) is 24.1 Å². The first-order valence-corrected chi connectivity index (χ1v) is 8.10. The van der Waals surface area contributed by atoms with E-state index in [1.165, 1.54) is 11.3 Å². The van der Waals surface area contributed by atoms with Gasteiger partial charge in [0.2, 0.25) is 10.0 Å². The Labute approximate surface area is 110 Å². The molecule has 1 aliphatic rings. The van der Waals surface area contributed by atoms with Gasteiger partial charge in [-0.15, -0.1) is 11.3 Å². The summed E-state index contributed by atoms with van der Waals surface area (Å²) in [5.74, 6) is 0. The van der Waals surface area contributed by atoms with Crippen LogP contribution in [0.25, 0.3) is 11.3 Å². The van der Waals surface area contributed by atoms with Crippen LogP contribution in [-0.4, -0.2) is 18.7 Å². The second-order valence-electron chi connectivity index (χ2n) is 4.25. The summed E-state index contributed by atoms with van der Waals surface area (Å²) < 4.78 is 26.1. The zero-order valence-electron chi connectivity index (χ0n) is 9.54. The SMILES string of the molecule is O=S(=O)(Nc1nc(-c2ccccc2)cs1)C1CC1. The van der Waals surface area contributed by atoms with E-state index < -0.39 is 10.0 Å². The number of sulfonamides is 1. The van der Waals surface area contributed by atoms with E-state index in [1.54, 1.807) is 0 Å². The summed E-state index contributed by atoms with van der Waals surface area (Å²) in [6.07, 6.45) is 1.51. The maximum absolute atomic E-state index is 11.8. The fourth-order valence-corrected chi connectivity index (χ4v) is 3.96. The normalized spacial score (nSPS) is 15.6. The van der Waals surface area contributed by atoms with Crippen LogP contribution in [0.1, 0.15) is 12.8 Å². The predicted molar refractivity (Wildman–Crippen MR) is 73.1 cm³/mol. The number of benzene rings is 1. The molecule has 1 heterocycles. The van der Waals surface area contributed by atoms with Gasteiger partial charge in [0.15, 0.2) is 5.13 Å². The number of aromatic nitrogens is 1. The molecule has 1 aromatic heterocycles. The van der Waals surface area contributed by atoms with Crippen molar-refractivity contribution in [2.75, 3.05) is 4.72 Å². The molecular weight excluding hydrogens is 268 g/mol. The van der Waals surface area contributed by atoms with Crippen LogP contribution in [0.4, 0.5) is 5.13 Å². The van der Waals surface area contributed by atoms with Gasteiger partial charge in [0.1, 0.15) is 0 Å². The minimum Gasteiger partial charge on any atom is -0.258 e. The summed E-state index contributed by atoms with van der Waals surface area (Å²) in [5, 5.41) is 2.09. The Balaban J connectivity index is 1.82. The number of nitrogens with zero attached hydrogens (tertiary/aromatic N) is 1. The molecule has 1 saturated carbocycles. The topological polar surface area (TPSA) is 59.1 Å². The average Bonchev–Trinajstić information content (AvgIpc) is 3.13. The smallest absolute Gasteiger partial charge is 0.237 e. The monoisotopic (exact) mass is 280 g/mol. The molecule has 0 saturated heterocycles. The van der Waals surface area contributed by atoms with Gasteiger partial charge in [0.05, 0.1) is 10.9 Å². The summed E-state index contributed by atoms with van der Waals surface area (Å²) in [7, 11) is -3.21. The highest BCUT2D eigenvalue weighted by Gasteiger charge is 2.36. The highest BCUT2D eigenvalue weighted by atomic mass is 32.2. The Morgan fingerprint density at radius 1 is 1.22 bits per heavy atom. The first-order chi connectivity index (χ1) is 8.65. The Bertz CT molecular complexity index is 646. The Hall–Kier alpha value is -1.40. The zero-order chi connectivity index (χ0) is 12.6. The molecular formula is C12H12N2O2S2. The largest absolute Gasteiger partial charge is 0.258 e. The third-order valence-electron chi connectivity index (χ3n) is 2.77. The van der Waals surface area contributed by atoms with Gasteiger partial charge in [-0.25, -0.2) is 13.4 Å². The van der Waals surface area contributed by atoms with Gasteiger partial charge in [-0.1, -0.05) is 30.3 Å². The Kier molecular flexibility index (Phi) is 2.83. The number of thiazole rings is 1. The van der Waals surface area contributed by atoms with Crippen molar-refractivity contribution in [3.63, 3.8) is 0 Å². The van der Waals surface area contributed by atoms with Crippen molar-refractivity contribution in [1.82, 2.24) is 4.98 Å². The highest BCUT2D eigenvalue weighted by Crippen LogP contribution is 2.31. The van der Waals surface area contributed by atoms with E-state index in [9.17, 15) is 8.42 Å². The van der Waals surface area contributed by atoms with Crippen LogP contribution in [0.5, 0.6) is 0 Å². The predicted octanol–water partition coefficient (Wildman–Crippen LogP) is 2.71. The number of nitrogens with one attached hydrogen (secondary N) is 1. The van der Waals surface area contributed by atoms with Crippen molar-refractivity contribution < 1.29 is 8.42 Å². The van der Waals surface area contributed by atoms with Crippen LogP contribution >= 0.6 is 11.3 Å². The van der Waals surface area contributed by atoms with E-state index in [1.807, 2.05) is 35.7 Å². The average molecular weight is 280 g/mol. The van der Waals surface area contributed by atoms with Gasteiger partial charge in [-0.3, -0.25) is 4.72 Å². The standard InChI is InChI=1S/C12H12N2O2S2/c15-18(16,10-6-7-10)14-12-13-11(8-17-12)9-4-2-1-3-5-9/h1-5,8,10H,6-7H2,(H,13,14). The van der Waals surface area contributed by atoms with Crippen LogP contribution in [-0.2, 0) is 10.0 Å². The van der Waals surface area contributed by atoms with Crippen molar-refractivity contribution in [1.29, 1.82) is 0 Å². The van der Waals surface area contributed by atoms with Gasteiger partial charge in [0.25, 0.3) is 0 Å². The maximum atomic E-state index is 11.8. The van der Waals surface area contributed by atoms with Gasteiger partial charge in [-0.05, 0) is 12.8 Å². The number of anilines is 1. The van der Waals surface area contributed by atoms with E-state index >= 15 is 0 Å². The molecule has 2 aromatic rings. The lowest BCUT2D eigenvalue weighted by Gasteiger charge is -2.01. The molecule has 0 spiro atoms. The maximum Gasteiger partial charge on any atom is 0.237 e. The van der Waals surface area contributed by atoms with E-state index in [4.69, 9.17) is 0 Å². The van der Waals surface area contributed by atoms with Gasteiger partial charge in [0, 0.05) is 10.9 Å². The van der Waals surface area contributed by atoms with Gasteiger partial charge < -0.3 is 0 Å². The van der Waals surface area contributed by atoms with Crippen molar-refractivity contribution >= 4 is 26.5 Å². The molecule has 4 nitrogen and oxygen atoms in total. The van der Waals surface area contributed by atoms with Crippen LogP contribution in [0.15, 0.2) is 35.7 Å². The van der Waals surface area contributed by atoms with Crippen LogP contribution in [0, 0.1) is 0 Å². The molecule has 0 unspecified atom stereocenters. The molecule has 1 N–H and O–H groups in total. The van der Waals surface area contributed by atoms with E-state index in [-0.39, 0.29) is 5.25 Å². The fourth-order valence-electron chi connectivity index (χ4n) is 1.65. The summed E-state index contributed by atoms with van der Waals surface area (Å²) in [5.41, 5.74) is 1.79. The lowest BCUT2D eigenvalue weighted by molar-refractivity contribution is 0.600. The molecule has 3 rings (SSSR count). The first-order valence-electron chi connectivity index (χ1n) is 5.68. The molecule has 18 heavy (non-hydrogen) atoms. The molecule has 6 heteroatoms. The molecule has 1 fully saturated rings. The molecule has 0 bridgehead atoms. The minimum absolute atomic E-state index is 0.221. The zero-order valence-corrected chi connectivity index (χ0v) is 11.2. The molecule has 0 amide bonds. The molecule has 0 radical (unpaired) electrons. The van der Waals surface area contributed by atoms with E-state index in [0.29, 0.717) is 5.13 Å². The lowest BCUT2D eigenvalue weighted by Crippen LogP contribution is -2.17. The quantitative estimate of drug-likeness (QED) is 0.936. The third kappa shape index (κ3) is 2.39. The van der Waals surface area contributed by atoms with Crippen molar-refractivity contribution in [3.8, 4) is 11.3 Å². The van der Waals surface area contributed by atoms with Crippen LogP contribution < -0.4 is 4.72 Å². The summed E-state index contributed by atoms with van der Waals surface area (Å²) in [6.45, 7) is 0. The van der Waals surface area contributed by atoms with Gasteiger partial charge >= 0.3 is 0 Å². The third-order valence-corrected chi connectivity index (χ3v) is 5.48. The molecule has 0 atom stereocenters. The number of rotatable bonds is 4. The van der Waals surface area contributed by atoms with Crippen LogP contribution in [0.3, 0.4) is 0 Å². The lowest BCUT2D eigenvalue weighted by atomic mass is 10.2. The van der Waals surface area contributed by atoms with Crippen LogP contribution in [0.2, 0.25) is 0 Å². The molecule has 1 aromatic carbocycles.